The van der Waals surface area contributed by atoms with Gasteiger partial charge in [0.25, 0.3) is 0 Å². The van der Waals surface area contributed by atoms with E-state index in [9.17, 15) is 0 Å². The number of rotatable bonds is 1. The predicted octanol–water partition coefficient (Wildman–Crippen LogP) is 7.06. The van der Waals surface area contributed by atoms with Gasteiger partial charge >= 0.3 is 0 Å². The molecule has 0 radical (unpaired) electrons. The summed E-state index contributed by atoms with van der Waals surface area (Å²) in [4.78, 5) is 0. The van der Waals surface area contributed by atoms with Crippen molar-refractivity contribution in [3.63, 3.8) is 0 Å². The zero-order valence-electron chi connectivity index (χ0n) is 19.1. The summed E-state index contributed by atoms with van der Waals surface area (Å²) in [6, 6.07) is 0.739. The number of nitrogens with one attached hydrogen (secondary N) is 1. The summed E-state index contributed by atoms with van der Waals surface area (Å²) in [7, 11) is 0. The Morgan fingerprint density at radius 3 is 1.88 bits per heavy atom. The molecule has 1 heteroatoms. The first-order valence-corrected chi connectivity index (χ1v) is 11.8. The van der Waals surface area contributed by atoms with Gasteiger partial charge in [0.1, 0.15) is 0 Å². The van der Waals surface area contributed by atoms with Crippen molar-refractivity contribution in [2.45, 2.75) is 118 Å². The smallest absolute Gasteiger partial charge is 0.0156 e. The van der Waals surface area contributed by atoms with E-state index in [2.05, 4.69) is 60.7 Å². The fraction of sp³-hybridized carbons (Fsp3) is 1.00. The van der Waals surface area contributed by atoms with Crippen LogP contribution in [0.1, 0.15) is 107 Å². The Morgan fingerprint density at radius 1 is 0.731 bits per heavy atom. The molecule has 4 fully saturated rings. The van der Waals surface area contributed by atoms with Gasteiger partial charge in [0, 0.05) is 11.6 Å². The third-order valence-corrected chi connectivity index (χ3v) is 9.18. The highest BCUT2D eigenvalue weighted by molar-refractivity contribution is 5.09. The molecule has 152 valence electrons. The maximum Gasteiger partial charge on any atom is 0.0156 e. The average molecular weight is 362 g/mol. The van der Waals surface area contributed by atoms with Crippen LogP contribution in [0, 0.1) is 40.4 Å². The highest BCUT2D eigenvalue weighted by Crippen LogP contribution is 2.64. The van der Waals surface area contributed by atoms with Crippen molar-refractivity contribution in [2.24, 2.45) is 40.4 Å². The van der Waals surface area contributed by atoms with Crippen molar-refractivity contribution in [3.05, 3.63) is 0 Å². The van der Waals surface area contributed by atoms with Gasteiger partial charge in [0.05, 0.1) is 0 Å². The van der Waals surface area contributed by atoms with Crippen LogP contribution in [0.15, 0.2) is 0 Å². The first kappa shape index (κ1) is 20.7. The topological polar surface area (TPSA) is 12.0 Å². The van der Waals surface area contributed by atoms with Gasteiger partial charge in [0.15, 0.2) is 0 Å². The average Bonchev–Trinajstić information content (AvgIpc) is 3.13. The van der Waals surface area contributed by atoms with Gasteiger partial charge in [0.2, 0.25) is 0 Å². The van der Waals surface area contributed by atoms with E-state index in [-0.39, 0.29) is 0 Å². The molecule has 0 aromatic rings. The highest BCUT2D eigenvalue weighted by Gasteiger charge is 2.57. The molecule has 2 aliphatic heterocycles. The van der Waals surface area contributed by atoms with E-state index in [0.717, 1.165) is 35.6 Å². The molecule has 0 spiro atoms. The lowest BCUT2D eigenvalue weighted by molar-refractivity contribution is -0.0180. The van der Waals surface area contributed by atoms with Crippen LogP contribution < -0.4 is 5.32 Å². The zero-order valence-corrected chi connectivity index (χ0v) is 19.1. The van der Waals surface area contributed by atoms with Gasteiger partial charge in [-0.1, -0.05) is 48.5 Å². The predicted molar refractivity (Wildman–Crippen MR) is 114 cm³/mol. The zero-order chi connectivity index (χ0) is 19.3. The van der Waals surface area contributed by atoms with Crippen LogP contribution in [-0.2, 0) is 0 Å². The number of hydrogen-bond acceptors (Lipinski definition) is 1. The Kier molecular flexibility index (Phi) is 5.64. The molecule has 2 saturated heterocycles. The van der Waals surface area contributed by atoms with Gasteiger partial charge < -0.3 is 5.32 Å². The minimum Gasteiger partial charge on any atom is -0.308 e. The molecule has 2 bridgehead atoms. The maximum atomic E-state index is 4.15. The lowest BCUT2D eigenvalue weighted by Gasteiger charge is -2.56. The number of fused-ring (bicyclic) bond motifs is 8. The van der Waals surface area contributed by atoms with Gasteiger partial charge in [-0.25, -0.2) is 0 Å². The summed E-state index contributed by atoms with van der Waals surface area (Å²) in [5, 5.41) is 4.15. The summed E-state index contributed by atoms with van der Waals surface area (Å²) in [5.41, 5.74) is 1.56. The lowest BCUT2D eigenvalue weighted by atomic mass is 9.55. The fourth-order valence-electron chi connectivity index (χ4n) is 7.23. The molecule has 2 saturated carbocycles. The summed E-state index contributed by atoms with van der Waals surface area (Å²) in [6.07, 6.45) is 11.3. The number of hydrogen-bond donors (Lipinski definition) is 1. The normalized spacial score (nSPS) is 55.8. The second-order valence-electron chi connectivity index (χ2n) is 12.3. The van der Waals surface area contributed by atoms with Crippen LogP contribution >= 0.6 is 0 Å². The SMILES string of the molecule is CCC1(C)CC(C)CC(C)CC(C)CC2(C)CC2CC2(C)CC(N1)C2C. The molecule has 2 aliphatic carbocycles. The molecular weight excluding hydrogens is 314 g/mol. The minimum absolute atomic E-state index is 0.319. The van der Waals surface area contributed by atoms with Crippen LogP contribution in [0.2, 0.25) is 0 Å². The standard InChI is InChI=1S/C25H47N/c1-9-25(8)13-19(4)11-17(2)10-18(3)12-24(7)15-21(24)14-23(6)16-22(26-25)20(23)5/h17-22,26H,9-16H2,1-8H3. The van der Waals surface area contributed by atoms with Crippen LogP contribution in [0.4, 0.5) is 0 Å². The van der Waals surface area contributed by atoms with Gasteiger partial charge in [-0.2, -0.15) is 0 Å². The Balaban J connectivity index is 1.76. The second kappa shape index (κ2) is 7.09. The first-order valence-electron chi connectivity index (χ1n) is 11.8. The Labute approximate surface area is 164 Å². The van der Waals surface area contributed by atoms with Crippen molar-refractivity contribution in [2.75, 3.05) is 0 Å². The first-order chi connectivity index (χ1) is 12.0. The van der Waals surface area contributed by atoms with E-state index in [1.54, 1.807) is 0 Å². The van der Waals surface area contributed by atoms with Gasteiger partial charge in [-0.3, -0.25) is 0 Å². The van der Waals surface area contributed by atoms with E-state index in [1.165, 1.54) is 51.4 Å². The maximum absolute atomic E-state index is 4.15. The van der Waals surface area contributed by atoms with Crippen molar-refractivity contribution < 1.29 is 0 Å². The Bertz CT molecular complexity index is 500. The van der Waals surface area contributed by atoms with E-state index in [4.69, 9.17) is 0 Å². The van der Waals surface area contributed by atoms with Crippen LogP contribution in [0.5, 0.6) is 0 Å². The monoisotopic (exact) mass is 361 g/mol. The summed E-state index contributed by atoms with van der Waals surface area (Å²) < 4.78 is 0. The molecule has 4 rings (SSSR count). The molecule has 9 atom stereocenters. The molecule has 0 aromatic carbocycles. The molecule has 2 heterocycles. The summed E-state index contributed by atoms with van der Waals surface area (Å²) >= 11 is 0. The largest absolute Gasteiger partial charge is 0.308 e. The molecule has 1 N–H and O–H groups in total. The summed E-state index contributed by atoms with van der Waals surface area (Å²) in [5.74, 6) is 4.42. The van der Waals surface area contributed by atoms with Crippen molar-refractivity contribution in [1.29, 1.82) is 0 Å². The van der Waals surface area contributed by atoms with Crippen molar-refractivity contribution >= 4 is 0 Å². The van der Waals surface area contributed by atoms with Crippen LogP contribution in [-0.4, -0.2) is 11.6 Å². The quantitative estimate of drug-likeness (QED) is 0.527. The third kappa shape index (κ3) is 4.18. The van der Waals surface area contributed by atoms with E-state index in [1.807, 2.05) is 0 Å². The summed E-state index contributed by atoms with van der Waals surface area (Å²) in [6.45, 7) is 20.1. The minimum atomic E-state index is 0.319. The van der Waals surface area contributed by atoms with E-state index < -0.39 is 0 Å². The van der Waals surface area contributed by atoms with Crippen molar-refractivity contribution in [3.8, 4) is 0 Å². The third-order valence-electron chi connectivity index (χ3n) is 9.18. The van der Waals surface area contributed by atoms with Crippen LogP contribution in [0.3, 0.4) is 0 Å². The second-order valence-corrected chi connectivity index (χ2v) is 12.3. The van der Waals surface area contributed by atoms with E-state index in [0.29, 0.717) is 16.4 Å². The Morgan fingerprint density at radius 2 is 1.31 bits per heavy atom. The molecule has 0 aromatic heterocycles. The van der Waals surface area contributed by atoms with Crippen LogP contribution in [0.25, 0.3) is 0 Å². The van der Waals surface area contributed by atoms with E-state index >= 15 is 0 Å². The Hall–Kier alpha value is -0.0400. The van der Waals surface area contributed by atoms with Gasteiger partial charge in [-0.15, -0.1) is 0 Å². The van der Waals surface area contributed by atoms with Crippen molar-refractivity contribution in [1.82, 2.24) is 5.32 Å². The highest BCUT2D eigenvalue weighted by atomic mass is 15.0. The lowest BCUT2D eigenvalue weighted by Crippen LogP contribution is -2.61. The molecule has 4 aliphatic rings. The molecular formula is C25H47N. The fourth-order valence-corrected chi connectivity index (χ4v) is 7.23. The molecule has 0 amide bonds. The van der Waals surface area contributed by atoms with Gasteiger partial charge in [-0.05, 0) is 98.7 Å². The molecule has 26 heavy (non-hydrogen) atoms. The molecule has 9 unspecified atom stereocenters. The molecule has 1 nitrogen and oxygen atoms in total.